The standard InChI is InChI=1S/C18H15FIN3O2/c1-10-15(17(24)22-9-11-4-2-5-12(20)8-11)13-6-3-7-14(19)16(13)18(25)23(10)21/h2-8H,9,21H2,1H3,(H,22,24). The highest BCUT2D eigenvalue weighted by atomic mass is 127. The van der Waals surface area contributed by atoms with Gasteiger partial charge in [0.05, 0.1) is 16.6 Å². The molecule has 0 spiro atoms. The minimum Gasteiger partial charge on any atom is -0.348 e. The first-order valence-electron chi connectivity index (χ1n) is 7.51. The van der Waals surface area contributed by atoms with Crippen LogP contribution in [0.3, 0.4) is 0 Å². The number of fused-ring (bicyclic) bond motifs is 1. The summed E-state index contributed by atoms with van der Waals surface area (Å²) in [4.78, 5) is 24.9. The molecular formula is C18H15FIN3O2. The summed E-state index contributed by atoms with van der Waals surface area (Å²) < 4.78 is 16.0. The molecule has 0 bridgehead atoms. The van der Waals surface area contributed by atoms with Crippen LogP contribution in [-0.2, 0) is 6.54 Å². The van der Waals surface area contributed by atoms with Gasteiger partial charge in [-0.1, -0.05) is 24.3 Å². The number of nitrogen functional groups attached to an aromatic ring is 1. The monoisotopic (exact) mass is 451 g/mol. The Balaban J connectivity index is 2.04. The lowest BCUT2D eigenvalue weighted by Crippen LogP contribution is -2.34. The zero-order chi connectivity index (χ0) is 18.1. The Morgan fingerprint density at radius 1 is 1.28 bits per heavy atom. The first-order valence-corrected chi connectivity index (χ1v) is 8.59. The summed E-state index contributed by atoms with van der Waals surface area (Å²) in [6.45, 7) is 1.88. The fraction of sp³-hybridized carbons (Fsp3) is 0.111. The number of carbonyl (C=O) groups excluding carboxylic acids is 1. The zero-order valence-electron chi connectivity index (χ0n) is 13.3. The molecular weight excluding hydrogens is 436 g/mol. The van der Waals surface area contributed by atoms with Gasteiger partial charge in [-0.3, -0.25) is 9.59 Å². The third kappa shape index (κ3) is 3.23. The summed E-state index contributed by atoms with van der Waals surface area (Å²) in [5.41, 5.74) is 0.750. The predicted octanol–water partition coefficient (Wildman–Crippen LogP) is 2.70. The molecule has 0 atom stereocenters. The molecule has 0 aliphatic carbocycles. The largest absolute Gasteiger partial charge is 0.348 e. The highest BCUT2D eigenvalue weighted by molar-refractivity contribution is 14.1. The van der Waals surface area contributed by atoms with E-state index in [-0.39, 0.29) is 22.0 Å². The van der Waals surface area contributed by atoms with Crippen LogP contribution in [-0.4, -0.2) is 10.6 Å². The first kappa shape index (κ1) is 17.4. The molecule has 2 aromatic carbocycles. The van der Waals surface area contributed by atoms with Crippen molar-refractivity contribution in [3.05, 3.63) is 79.0 Å². The second-order valence-corrected chi connectivity index (χ2v) is 6.86. The van der Waals surface area contributed by atoms with Gasteiger partial charge in [-0.2, -0.15) is 0 Å². The van der Waals surface area contributed by atoms with Gasteiger partial charge in [0.25, 0.3) is 11.5 Å². The molecule has 3 N–H and O–H groups in total. The van der Waals surface area contributed by atoms with E-state index in [9.17, 15) is 14.0 Å². The average molecular weight is 451 g/mol. The van der Waals surface area contributed by atoms with Crippen molar-refractivity contribution in [2.75, 3.05) is 5.84 Å². The molecule has 128 valence electrons. The molecule has 0 unspecified atom stereocenters. The maximum atomic E-state index is 14.1. The number of amides is 1. The summed E-state index contributed by atoms with van der Waals surface area (Å²) >= 11 is 2.19. The van der Waals surface area contributed by atoms with E-state index in [4.69, 9.17) is 5.84 Å². The molecule has 1 heterocycles. The lowest BCUT2D eigenvalue weighted by Gasteiger charge is -2.14. The molecule has 0 saturated carbocycles. The third-order valence-electron chi connectivity index (χ3n) is 4.01. The van der Waals surface area contributed by atoms with E-state index in [0.717, 1.165) is 13.8 Å². The molecule has 25 heavy (non-hydrogen) atoms. The Morgan fingerprint density at radius 3 is 2.72 bits per heavy atom. The molecule has 0 radical (unpaired) electrons. The molecule has 3 rings (SSSR count). The van der Waals surface area contributed by atoms with Crippen molar-refractivity contribution in [1.82, 2.24) is 9.99 Å². The third-order valence-corrected chi connectivity index (χ3v) is 4.68. The molecule has 5 nitrogen and oxygen atoms in total. The van der Waals surface area contributed by atoms with Gasteiger partial charge in [0.15, 0.2) is 0 Å². The molecule has 3 aromatic rings. The van der Waals surface area contributed by atoms with E-state index in [1.54, 1.807) is 13.0 Å². The van der Waals surface area contributed by atoms with Crippen molar-refractivity contribution in [1.29, 1.82) is 0 Å². The van der Waals surface area contributed by atoms with Gasteiger partial charge in [0.1, 0.15) is 5.82 Å². The highest BCUT2D eigenvalue weighted by Gasteiger charge is 2.20. The number of pyridine rings is 1. The van der Waals surface area contributed by atoms with Gasteiger partial charge >= 0.3 is 0 Å². The van der Waals surface area contributed by atoms with Crippen molar-refractivity contribution in [2.45, 2.75) is 13.5 Å². The molecule has 0 saturated heterocycles. The SMILES string of the molecule is Cc1c(C(=O)NCc2cccc(I)c2)c2cccc(F)c2c(=O)n1N. The van der Waals surface area contributed by atoms with Crippen LogP contribution in [0, 0.1) is 16.3 Å². The summed E-state index contributed by atoms with van der Waals surface area (Å²) in [5.74, 6) is 4.63. The van der Waals surface area contributed by atoms with E-state index in [2.05, 4.69) is 27.9 Å². The molecule has 1 amide bonds. The van der Waals surface area contributed by atoms with E-state index in [0.29, 0.717) is 6.54 Å². The minimum atomic E-state index is -0.701. The van der Waals surface area contributed by atoms with Crippen LogP contribution < -0.4 is 16.7 Å². The smallest absolute Gasteiger partial charge is 0.279 e. The van der Waals surface area contributed by atoms with Crippen molar-refractivity contribution < 1.29 is 9.18 Å². The highest BCUT2D eigenvalue weighted by Crippen LogP contribution is 2.21. The van der Waals surface area contributed by atoms with Crippen LogP contribution in [0.25, 0.3) is 10.8 Å². The summed E-state index contributed by atoms with van der Waals surface area (Å²) in [6.07, 6.45) is 0. The van der Waals surface area contributed by atoms with E-state index in [1.807, 2.05) is 24.3 Å². The Hall–Kier alpha value is -2.42. The van der Waals surface area contributed by atoms with Crippen LogP contribution in [0.1, 0.15) is 21.6 Å². The van der Waals surface area contributed by atoms with E-state index in [1.165, 1.54) is 12.1 Å². The Labute approximate surface area is 156 Å². The molecule has 0 aliphatic heterocycles. The van der Waals surface area contributed by atoms with Gasteiger partial charge in [-0.05, 0) is 53.3 Å². The van der Waals surface area contributed by atoms with Crippen molar-refractivity contribution in [3.63, 3.8) is 0 Å². The molecule has 0 fully saturated rings. The van der Waals surface area contributed by atoms with Gasteiger partial charge < -0.3 is 11.2 Å². The maximum Gasteiger partial charge on any atom is 0.279 e. The predicted molar refractivity (Wildman–Crippen MR) is 103 cm³/mol. The number of nitrogens with two attached hydrogens (primary N) is 1. The molecule has 0 aliphatic rings. The zero-order valence-corrected chi connectivity index (χ0v) is 15.5. The van der Waals surface area contributed by atoms with Gasteiger partial charge in [-0.25, -0.2) is 9.07 Å². The average Bonchev–Trinajstić information content (AvgIpc) is 2.58. The topological polar surface area (TPSA) is 77.1 Å². The number of halogens is 2. The van der Waals surface area contributed by atoms with Gasteiger partial charge in [0.2, 0.25) is 0 Å². The van der Waals surface area contributed by atoms with Gasteiger partial charge in [-0.15, -0.1) is 0 Å². The quantitative estimate of drug-likeness (QED) is 0.475. The lowest BCUT2D eigenvalue weighted by atomic mass is 10.0. The number of hydrogen-bond acceptors (Lipinski definition) is 3. The van der Waals surface area contributed by atoms with Crippen LogP contribution in [0.2, 0.25) is 0 Å². The molecule has 7 heteroatoms. The van der Waals surface area contributed by atoms with Crippen LogP contribution in [0.5, 0.6) is 0 Å². The second-order valence-electron chi connectivity index (χ2n) is 5.61. The van der Waals surface area contributed by atoms with E-state index >= 15 is 0 Å². The summed E-state index contributed by atoms with van der Waals surface area (Å²) in [5, 5.41) is 2.87. The number of aromatic nitrogens is 1. The first-order chi connectivity index (χ1) is 11.9. The van der Waals surface area contributed by atoms with Crippen LogP contribution in [0.15, 0.2) is 47.3 Å². The summed E-state index contributed by atoms with van der Waals surface area (Å²) in [6, 6.07) is 11.9. The second kappa shape index (κ2) is 6.83. The maximum absolute atomic E-state index is 14.1. The normalized spacial score (nSPS) is 10.8. The number of hydrogen-bond donors (Lipinski definition) is 2. The Bertz CT molecular complexity index is 1050. The van der Waals surface area contributed by atoms with Gasteiger partial charge in [0, 0.05) is 15.5 Å². The van der Waals surface area contributed by atoms with Crippen molar-refractivity contribution >= 4 is 39.3 Å². The van der Waals surface area contributed by atoms with Crippen molar-refractivity contribution in [2.24, 2.45) is 0 Å². The number of rotatable bonds is 3. The number of nitrogens with zero attached hydrogens (tertiary/aromatic N) is 1. The molecule has 1 aromatic heterocycles. The van der Waals surface area contributed by atoms with Crippen LogP contribution >= 0.6 is 22.6 Å². The number of nitrogens with one attached hydrogen (secondary N) is 1. The number of carbonyl (C=O) groups is 1. The fourth-order valence-corrected chi connectivity index (χ4v) is 3.35. The van der Waals surface area contributed by atoms with Crippen molar-refractivity contribution in [3.8, 4) is 0 Å². The Kier molecular flexibility index (Phi) is 4.76. The fourth-order valence-electron chi connectivity index (χ4n) is 2.74. The minimum absolute atomic E-state index is 0.185. The van der Waals surface area contributed by atoms with E-state index < -0.39 is 17.3 Å². The summed E-state index contributed by atoms with van der Waals surface area (Å²) in [7, 11) is 0. The Morgan fingerprint density at radius 2 is 2.00 bits per heavy atom. The van der Waals surface area contributed by atoms with Crippen LogP contribution in [0.4, 0.5) is 4.39 Å². The lowest BCUT2D eigenvalue weighted by molar-refractivity contribution is 0.0951. The number of benzene rings is 2.